The molecular formula is C21H22F2N2O4S. The van der Waals surface area contributed by atoms with Gasteiger partial charge in [0.05, 0.1) is 22.8 Å². The summed E-state index contributed by atoms with van der Waals surface area (Å²) >= 11 is -2.17. The van der Waals surface area contributed by atoms with Gasteiger partial charge in [-0.15, -0.1) is 0 Å². The minimum atomic E-state index is -2.70. The number of rotatable bonds is 4. The molecule has 30 heavy (non-hydrogen) atoms. The van der Waals surface area contributed by atoms with Crippen molar-refractivity contribution in [3.05, 3.63) is 47.5 Å². The van der Waals surface area contributed by atoms with Crippen LogP contribution in [0.5, 0.6) is 5.75 Å². The highest BCUT2D eigenvalue weighted by atomic mass is 32.2. The average Bonchev–Trinajstić information content (AvgIpc) is 3.09. The van der Waals surface area contributed by atoms with Crippen molar-refractivity contribution in [2.45, 2.75) is 36.5 Å². The molecule has 0 aromatic heterocycles. The lowest BCUT2D eigenvalue weighted by Gasteiger charge is -2.26. The van der Waals surface area contributed by atoms with E-state index < -0.39 is 22.9 Å². The normalized spacial score (nSPS) is 18.8. The molecule has 1 amide bonds. The fraction of sp³-hybridized carbons (Fsp3) is 0.381. The number of anilines is 2. The minimum absolute atomic E-state index is 0.159. The number of hydrogen-bond acceptors (Lipinski definition) is 4. The maximum absolute atomic E-state index is 13.9. The molecule has 0 bridgehead atoms. The van der Waals surface area contributed by atoms with E-state index in [1.807, 2.05) is 11.0 Å². The number of nitrogens with zero attached hydrogens (tertiary/aromatic N) is 1. The van der Waals surface area contributed by atoms with E-state index in [1.54, 1.807) is 18.2 Å². The smallest absolute Gasteiger partial charge is 0.257 e. The van der Waals surface area contributed by atoms with Crippen LogP contribution in [0.1, 0.15) is 35.2 Å². The number of carbonyl (C=O) groups excluding carboxylic acids is 1. The van der Waals surface area contributed by atoms with Gasteiger partial charge in [-0.25, -0.2) is 13.0 Å². The van der Waals surface area contributed by atoms with Crippen LogP contribution < -0.4 is 15.0 Å². The first-order valence-electron chi connectivity index (χ1n) is 9.77. The number of ether oxygens (including phenoxy) is 1. The van der Waals surface area contributed by atoms with Crippen molar-refractivity contribution in [1.82, 2.24) is 0 Å². The Bertz CT molecular complexity index is 999. The quantitative estimate of drug-likeness (QED) is 0.706. The van der Waals surface area contributed by atoms with Crippen molar-refractivity contribution in [2.75, 3.05) is 29.9 Å². The molecule has 1 fully saturated rings. The zero-order chi connectivity index (χ0) is 21.3. The predicted molar refractivity (Wildman–Crippen MR) is 110 cm³/mol. The molecule has 1 unspecified atom stereocenters. The molecule has 0 spiro atoms. The SMILES string of the molecule is O=C(Nc1cccc(S(=O)O)c1)c1cc2c(cc1N1CCCC(F)(F)CC1)CCO2. The zero-order valence-corrected chi connectivity index (χ0v) is 17.0. The van der Waals surface area contributed by atoms with Crippen molar-refractivity contribution in [3.63, 3.8) is 0 Å². The third-order valence-corrected chi connectivity index (χ3v) is 6.06. The summed E-state index contributed by atoms with van der Waals surface area (Å²) in [5, 5.41) is 2.74. The van der Waals surface area contributed by atoms with Crippen LogP contribution in [0.4, 0.5) is 20.2 Å². The second kappa shape index (κ2) is 8.31. The van der Waals surface area contributed by atoms with Crippen LogP contribution >= 0.6 is 0 Å². The van der Waals surface area contributed by atoms with Crippen molar-refractivity contribution < 1.29 is 27.1 Å². The van der Waals surface area contributed by atoms with Gasteiger partial charge in [0.15, 0.2) is 11.1 Å². The summed E-state index contributed by atoms with van der Waals surface area (Å²) in [5.41, 5.74) is 2.26. The van der Waals surface area contributed by atoms with E-state index in [-0.39, 0.29) is 24.3 Å². The van der Waals surface area contributed by atoms with E-state index in [0.717, 1.165) is 5.56 Å². The molecule has 1 saturated heterocycles. The fourth-order valence-electron chi connectivity index (χ4n) is 3.84. The summed E-state index contributed by atoms with van der Waals surface area (Å²) < 4.78 is 53.9. The molecular weight excluding hydrogens is 414 g/mol. The van der Waals surface area contributed by atoms with Crippen molar-refractivity contribution in [1.29, 1.82) is 0 Å². The molecule has 1 atom stereocenters. The Morgan fingerprint density at radius 2 is 2.03 bits per heavy atom. The predicted octanol–water partition coefficient (Wildman–Crippen LogP) is 4.08. The van der Waals surface area contributed by atoms with E-state index >= 15 is 0 Å². The van der Waals surface area contributed by atoms with Crippen LogP contribution in [-0.4, -0.2) is 40.3 Å². The van der Waals surface area contributed by atoms with Gasteiger partial charge in [-0.2, -0.15) is 0 Å². The minimum Gasteiger partial charge on any atom is -0.493 e. The number of fused-ring (bicyclic) bond motifs is 1. The highest BCUT2D eigenvalue weighted by molar-refractivity contribution is 7.79. The second-order valence-electron chi connectivity index (χ2n) is 7.50. The number of nitrogens with one attached hydrogen (secondary N) is 1. The number of amides is 1. The topological polar surface area (TPSA) is 78.9 Å². The Hall–Kier alpha value is -2.52. The number of alkyl halides is 2. The van der Waals surface area contributed by atoms with Crippen LogP contribution in [0.15, 0.2) is 41.3 Å². The maximum atomic E-state index is 13.9. The first-order valence-corrected chi connectivity index (χ1v) is 10.9. The highest BCUT2D eigenvalue weighted by Gasteiger charge is 2.33. The number of carbonyl (C=O) groups is 1. The Kier molecular flexibility index (Phi) is 5.75. The van der Waals surface area contributed by atoms with E-state index in [0.29, 0.717) is 48.7 Å². The first-order chi connectivity index (χ1) is 14.3. The van der Waals surface area contributed by atoms with E-state index in [9.17, 15) is 22.3 Å². The van der Waals surface area contributed by atoms with E-state index in [2.05, 4.69) is 5.32 Å². The molecule has 9 heteroatoms. The summed E-state index contributed by atoms with van der Waals surface area (Å²) in [4.78, 5) is 15.1. The third kappa shape index (κ3) is 4.46. The van der Waals surface area contributed by atoms with Gasteiger partial charge in [-0.1, -0.05) is 6.07 Å². The fourth-order valence-corrected chi connectivity index (χ4v) is 4.26. The van der Waals surface area contributed by atoms with Gasteiger partial charge in [0.2, 0.25) is 5.92 Å². The third-order valence-electron chi connectivity index (χ3n) is 5.40. The summed E-state index contributed by atoms with van der Waals surface area (Å²) in [5.74, 6) is -2.51. The molecule has 0 saturated carbocycles. The molecule has 2 aliphatic rings. The molecule has 2 heterocycles. The van der Waals surface area contributed by atoms with E-state index in [4.69, 9.17) is 4.74 Å². The number of halogens is 2. The van der Waals surface area contributed by atoms with Crippen LogP contribution in [0, 0.1) is 0 Å². The molecule has 2 aromatic carbocycles. The van der Waals surface area contributed by atoms with Gasteiger partial charge in [0.1, 0.15) is 5.75 Å². The lowest BCUT2D eigenvalue weighted by molar-refractivity contribution is -0.0102. The van der Waals surface area contributed by atoms with Gasteiger partial charge in [-0.3, -0.25) is 4.79 Å². The molecule has 2 aromatic rings. The summed E-state index contributed by atoms with van der Waals surface area (Å²) in [6.45, 7) is 1.11. The summed E-state index contributed by atoms with van der Waals surface area (Å²) in [6.07, 6.45) is 0.626. The van der Waals surface area contributed by atoms with Crippen LogP contribution in [0.2, 0.25) is 0 Å². The van der Waals surface area contributed by atoms with Crippen LogP contribution in [-0.2, 0) is 17.5 Å². The summed E-state index contributed by atoms with van der Waals surface area (Å²) in [6, 6.07) is 9.61. The van der Waals surface area contributed by atoms with Crippen molar-refractivity contribution >= 4 is 28.4 Å². The average molecular weight is 436 g/mol. The van der Waals surface area contributed by atoms with E-state index in [1.165, 1.54) is 12.1 Å². The molecule has 0 aliphatic carbocycles. The zero-order valence-electron chi connectivity index (χ0n) is 16.2. The second-order valence-corrected chi connectivity index (χ2v) is 8.47. The Morgan fingerprint density at radius 1 is 1.20 bits per heavy atom. The van der Waals surface area contributed by atoms with Gasteiger partial charge < -0.3 is 19.5 Å². The largest absolute Gasteiger partial charge is 0.493 e. The lowest BCUT2D eigenvalue weighted by atomic mass is 10.0. The van der Waals surface area contributed by atoms with Crippen LogP contribution in [0.25, 0.3) is 0 Å². The van der Waals surface area contributed by atoms with Gasteiger partial charge in [0, 0.05) is 38.0 Å². The van der Waals surface area contributed by atoms with Crippen molar-refractivity contribution in [3.8, 4) is 5.75 Å². The summed E-state index contributed by atoms with van der Waals surface area (Å²) in [7, 11) is 0. The Labute approximate surface area is 175 Å². The van der Waals surface area contributed by atoms with Crippen LogP contribution in [0.3, 0.4) is 0 Å². The number of hydrogen-bond donors (Lipinski definition) is 2. The Balaban J connectivity index is 1.66. The van der Waals surface area contributed by atoms with Gasteiger partial charge in [0.25, 0.3) is 5.91 Å². The lowest BCUT2D eigenvalue weighted by Crippen LogP contribution is -2.28. The molecule has 2 N–H and O–H groups in total. The van der Waals surface area contributed by atoms with Gasteiger partial charge in [-0.05, 0) is 42.3 Å². The number of benzene rings is 2. The molecule has 160 valence electrons. The molecule has 4 rings (SSSR count). The molecule has 0 radical (unpaired) electrons. The first kappa shape index (κ1) is 20.7. The molecule has 2 aliphatic heterocycles. The highest BCUT2D eigenvalue weighted by Crippen LogP contribution is 2.36. The van der Waals surface area contributed by atoms with Gasteiger partial charge >= 0.3 is 0 Å². The molecule has 6 nitrogen and oxygen atoms in total. The van der Waals surface area contributed by atoms with Crippen molar-refractivity contribution in [2.24, 2.45) is 0 Å². The standard InChI is InChI=1S/C21H22F2N2O4S/c22-21(23)6-2-8-25(9-7-21)18-11-14-5-10-29-19(14)13-17(18)20(26)24-15-3-1-4-16(12-15)30(27)28/h1,3-4,11-13H,2,5-10H2,(H,24,26)(H,27,28). The monoisotopic (exact) mass is 436 g/mol. The maximum Gasteiger partial charge on any atom is 0.257 e. The Morgan fingerprint density at radius 3 is 2.83 bits per heavy atom.